The summed E-state index contributed by atoms with van der Waals surface area (Å²) in [5.74, 6) is 2.68. The monoisotopic (exact) mass is 224 g/mol. The summed E-state index contributed by atoms with van der Waals surface area (Å²) in [5, 5.41) is 3.78. The Morgan fingerprint density at radius 3 is 2.62 bits per heavy atom. The van der Waals surface area contributed by atoms with E-state index in [1.165, 1.54) is 45.4 Å². The van der Waals surface area contributed by atoms with Gasteiger partial charge in [-0.15, -0.1) is 0 Å². The maximum Gasteiger partial charge on any atom is 0.0198 e. The van der Waals surface area contributed by atoms with Gasteiger partial charge in [-0.2, -0.15) is 0 Å². The molecule has 2 fully saturated rings. The molecule has 0 radical (unpaired) electrons. The van der Waals surface area contributed by atoms with Gasteiger partial charge in [0.25, 0.3) is 0 Å². The van der Waals surface area contributed by atoms with Crippen molar-refractivity contribution in [2.45, 2.75) is 46.1 Å². The van der Waals surface area contributed by atoms with Gasteiger partial charge >= 0.3 is 0 Å². The van der Waals surface area contributed by atoms with Gasteiger partial charge in [0, 0.05) is 25.7 Å². The second-order valence-electron chi connectivity index (χ2n) is 6.50. The summed E-state index contributed by atoms with van der Waals surface area (Å²) < 4.78 is 0. The fraction of sp³-hybridized carbons (Fsp3) is 1.00. The first-order chi connectivity index (χ1) is 7.63. The molecular formula is C14H28N2. The molecule has 1 N–H and O–H groups in total. The minimum atomic E-state index is 0.753. The van der Waals surface area contributed by atoms with Crippen molar-refractivity contribution in [2.24, 2.45) is 17.8 Å². The molecule has 2 nitrogen and oxygen atoms in total. The van der Waals surface area contributed by atoms with Crippen LogP contribution in [0.1, 0.15) is 40.0 Å². The average molecular weight is 224 g/mol. The van der Waals surface area contributed by atoms with E-state index < -0.39 is 0 Å². The van der Waals surface area contributed by atoms with Crippen molar-refractivity contribution >= 4 is 0 Å². The van der Waals surface area contributed by atoms with Gasteiger partial charge in [-0.25, -0.2) is 0 Å². The van der Waals surface area contributed by atoms with Crippen molar-refractivity contribution in [1.82, 2.24) is 10.2 Å². The van der Waals surface area contributed by atoms with Gasteiger partial charge in [0.05, 0.1) is 0 Å². The number of nitrogens with one attached hydrogen (secondary N) is 1. The highest BCUT2D eigenvalue weighted by molar-refractivity contribution is 4.84. The van der Waals surface area contributed by atoms with Crippen LogP contribution in [0.3, 0.4) is 0 Å². The lowest BCUT2D eigenvalue weighted by atomic mass is 9.95. The zero-order valence-electron chi connectivity index (χ0n) is 11.2. The highest BCUT2D eigenvalue weighted by atomic mass is 15.2. The molecule has 0 bridgehead atoms. The molecular weight excluding hydrogens is 196 g/mol. The van der Waals surface area contributed by atoms with Crippen molar-refractivity contribution in [3.8, 4) is 0 Å². The van der Waals surface area contributed by atoms with Crippen molar-refractivity contribution < 1.29 is 0 Å². The summed E-state index contributed by atoms with van der Waals surface area (Å²) >= 11 is 0. The second-order valence-corrected chi connectivity index (χ2v) is 6.50. The van der Waals surface area contributed by atoms with Crippen LogP contribution in [0, 0.1) is 17.8 Å². The van der Waals surface area contributed by atoms with Crippen LogP contribution in [0.5, 0.6) is 0 Å². The van der Waals surface area contributed by atoms with E-state index >= 15 is 0 Å². The van der Waals surface area contributed by atoms with E-state index in [4.69, 9.17) is 0 Å². The SMILES string of the molecule is CC(C)CN1CC(C)CC(NCC2CC2)C1. The largest absolute Gasteiger partial charge is 0.312 e. The summed E-state index contributed by atoms with van der Waals surface area (Å²) in [5.41, 5.74) is 0. The fourth-order valence-corrected chi connectivity index (χ4v) is 2.93. The van der Waals surface area contributed by atoms with Crippen LogP contribution in [-0.4, -0.2) is 37.1 Å². The first-order valence-corrected chi connectivity index (χ1v) is 7.09. The van der Waals surface area contributed by atoms with Crippen LogP contribution >= 0.6 is 0 Å². The third-order valence-electron chi connectivity index (χ3n) is 3.75. The van der Waals surface area contributed by atoms with Crippen LogP contribution in [0.25, 0.3) is 0 Å². The van der Waals surface area contributed by atoms with E-state index in [-0.39, 0.29) is 0 Å². The Bertz CT molecular complexity index is 209. The summed E-state index contributed by atoms with van der Waals surface area (Å²) in [4.78, 5) is 2.66. The summed E-state index contributed by atoms with van der Waals surface area (Å²) in [6.07, 6.45) is 4.30. The Morgan fingerprint density at radius 2 is 2.00 bits per heavy atom. The van der Waals surface area contributed by atoms with Crippen LogP contribution in [-0.2, 0) is 0 Å². The van der Waals surface area contributed by atoms with Crippen LogP contribution in [0.2, 0.25) is 0 Å². The van der Waals surface area contributed by atoms with E-state index in [9.17, 15) is 0 Å². The van der Waals surface area contributed by atoms with Gasteiger partial charge in [-0.05, 0) is 43.6 Å². The molecule has 1 aliphatic carbocycles. The van der Waals surface area contributed by atoms with Gasteiger partial charge in [-0.3, -0.25) is 0 Å². The first-order valence-electron chi connectivity index (χ1n) is 7.09. The first kappa shape index (κ1) is 12.4. The average Bonchev–Trinajstić information content (AvgIpc) is 2.95. The second kappa shape index (κ2) is 5.50. The minimum Gasteiger partial charge on any atom is -0.312 e. The maximum atomic E-state index is 3.78. The zero-order valence-corrected chi connectivity index (χ0v) is 11.2. The fourth-order valence-electron chi connectivity index (χ4n) is 2.93. The Labute approximate surface area is 101 Å². The molecule has 0 spiro atoms. The number of piperidine rings is 1. The molecule has 0 aromatic rings. The van der Waals surface area contributed by atoms with Gasteiger partial charge in [0.2, 0.25) is 0 Å². The number of nitrogens with zero attached hydrogens (tertiary/aromatic N) is 1. The Hall–Kier alpha value is -0.0800. The van der Waals surface area contributed by atoms with E-state index in [1.807, 2.05) is 0 Å². The standard InChI is InChI=1S/C14H28N2/c1-11(2)8-16-9-12(3)6-14(10-16)15-7-13-4-5-13/h11-15H,4-10H2,1-3H3. The highest BCUT2D eigenvalue weighted by Gasteiger charge is 2.27. The number of hydrogen-bond donors (Lipinski definition) is 1. The maximum absolute atomic E-state index is 3.78. The number of hydrogen-bond acceptors (Lipinski definition) is 2. The zero-order chi connectivity index (χ0) is 11.5. The van der Waals surface area contributed by atoms with Gasteiger partial charge in [0.1, 0.15) is 0 Å². The molecule has 2 unspecified atom stereocenters. The summed E-state index contributed by atoms with van der Waals surface area (Å²) in [7, 11) is 0. The Kier molecular flexibility index (Phi) is 4.26. The number of rotatable bonds is 5. The van der Waals surface area contributed by atoms with Crippen molar-refractivity contribution in [1.29, 1.82) is 0 Å². The molecule has 0 aromatic carbocycles. The smallest absolute Gasteiger partial charge is 0.0198 e. The molecule has 2 rings (SSSR count). The lowest BCUT2D eigenvalue weighted by Crippen LogP contribution is -2.49. The quantitative estimate of drug-likeness (QED) is 0.771. The van der Waals surface area contributed by atoms with E-state index in [1.54, 1.807) is 0 Å². The third kappa shape index (κ3) is 4.06. The Balaban J connectivity index is 1.74. The Morgan fingerprint density at radius 1 is 1.25 bits per heavy atom. The highest BCUT2D eigenvalue weighted by Crippen LogP contribution is 2.28. The summed E-state index contributed by atoms with van der Waals surface area (Å²) in [6.45, 7) is 12.2. The van der Waals surface area contributed by atoms with Crippen molar-refractivity contribution in [3.63, 3.8) is 0 Å². The molecule has 0 amide bonds. The van der Waals surface area contributed by atoms with E-state index in [0.29, 0.717) is 0 Å². The molecule has 1 heterocycles. The van der Waals surface area contributed by atoms with E-state index in [2.05, 4.69) is 31.0 Å². The molecule has 1 saturated heterocycles. The van der Waals surface area contributed by atoms with Crippen LogP contribution in [0.4, 0.5) is 0 Å². The summed E-state index contributed by atoms with van der Waals surface area (Å²) in [6, 6.07) is 0.753. The molecule has 1 aliphatic heterocycles. The van der Waals surface area contributed by atoms with Crippen molar-refractivity contribution in [2.75, 3.05) is 26.2 Å². The van der Waals surface area contributed by atoms with E-state index in [0.717, 1.165) is 23.8 Å². The minimum absolute atomic E-state index is 0.753. The molecule has 1 saturated carbocycles. The third-order valence-corrected chi connectivity index (χ3v) is 3.75. The van der Waals surface area contributed by atoms with Crippen LogP contribution < -0.4 is 5.32 Å². The van der Waals surface area contributed by atoms with Crippen molar-refractivity contribution in [3.05, 3.63) is 0 Å². The normalized spacial score (nSPS) is 32.2. The predicted octanol–water partition coefficient (Wildman–Crippen LogP) is 2.35. The molecule has 2 atom stereocenters. The predicted molar refractivity (Wildman–Crippen MR) is 69.6 cm³/mol. The topological polar surface area (TPSA) is 15.3 Å². The molecule has 2 heteroatoms. The van der Waals surface area contributed by atoms with Gasteiger partial charge < -0.3 is 10.2 Å². The molecule has 94 valence electrons. The lowest BCUT2D eigenvalue weighted by Gasteiger charge is -2.37. The molecule has 16 heavy (non-hydrogen) atoms. The van der Waals surface area contributed by atoms with Gasteiger partial charge in [0.15, 0.2) is 0 Å². The van der Waals surface area contributed by atoms with Gasteiger partial charge in [-0.1, -0.05) is 20.8 Å². The molecule has 0 aromatic heterocycles. The van der Waals surface area contributed by atoms with Crippen LogP contribution in [0.15, 0.2) is 0 Å². The number of likely N-dealkylation sites (tertiary alicyclic amines) is 1. The lowest BCUT2D eigenvalue weighted by molar-refractivity contribution is 0.135. The molecule has 2 aliphatic rings.